The van der Waals surface area contributed by atoms with E-state index < -0.39 is 17.7 Å². The molecule has 2 aromatic carbocycles. The standard InChI is InChI=1S/C13H9F3O2/c1-7-4-10-5-9(12(17)18)3-2-8(10)6-11(7)13(14,15)16/h2-6H,1H3,(H,17,18). The van der Waals surface area contributed by atoms with Gasteiger partial charge in [0.05, 0.1) is 11.1 Å². The number of carboxylic acids is 1. The fraction of sp³-hybridized carbons (Fsp3) is 0.154. The normalized spacial score (nSPS) is 11.8. The first-order valence-electron chi connectivity index (χ1n) is 5.14. The van der Waals surface area contributed by atoms with Crippen molar-refractivity contribution in [2.75, 3.05) is 0 Å². The first-order chi connectivity index (χ1) is 8.29. The third kappa shape index (κ3) is 2.16. The number of alkyl halides is 3. The van der Waals surface area contributed by atoms with E-state index in [9.17, 15) is 18.0 Å². The van der Waals surface area contributed by atoms with Crippen molar-refractivity contribution in [3.05, 3.63) is 47.0 Å². The molecule has 0 radical (unpaired) electrons. The quantitative estimate of drug-likeness (QED) is 0.838. The summed E-state index contributed by atoms with van der Waals surface area (Å²) in [6.45, 7) is 1.36. The highest BCUT2D eigenvalue weighted by Crippen LogP contribution is 2.34. The Morgan fingerprint density at radius 2 is 1.78 bits per heavy atom. The minimum absolute atomic E-state index is 0.0571. The van der Waals surface area contributed by atoms with Gasteiger partial charge in [-0.1, -0.05) is 12.1 Å². The van der Waals surface area contributed by atoms with Gasteiger partial charge in [0, 0.05) is 0 Å². The van der Waals surface area contributed by atoms with Crippen molar-refractivity contribution < 1.29 is 23.1 Å². The summed E-state index contributed by atoms with van der Waals surface area (Å²) in [5.41, 5.74) is -0.558. The van der Waals surface area contributed by atoms with Crippen molar-refractivity contribution in [1.29, 1.82) is 0 Å². The van der Waals surface area contributed by atoms with Crippen molar-refractivity contribution in [1.82, 2.24) is 0 Å². The molecule has 18 heavy (non-hydrogen) atoms. The number of aryl methyl sites for hydroxylation is 1. The van der Waals surface area contributed by atoms with Crippen LogP contribution in [0, 0.1) is 6.92 Å². The maximum atomic E-state index is 12.7. The van der Waals surface area contributed by atoms with Gasteiger partial charge >= 0.3 is 12.1 Å². The van der Waals surface area contributed by atoms with Crippen LogP contribution < -0.4 is 0 Å². The Labute approximate surface area is 101 Å². The first kappa shape index (κ1) is 12.4. The van der Waals surface area contributed by atoms with Crippen LogP contribution in [0.5, 0.6) is 0 Å². The maximum Gasteiger partial charge on any atom is 0.416 e. The second-order valence-electron chi connectivity index (χ2n) is 4.03. The zero-order chi connectivity index (χ0) is 13.5. The van der Waals surface area contributed by atoms with Crippen LogP contribution in [0.2, 0.25) is 0 Å². The van der Waals surface area contributed by atoms with Gasteiger partial charge in [-0.25, -0.2) is 4.79 Å². The molecule has 0 bridgehead atoms. The molecule has 2 aromatic rings. The smallest absolute Gasteiger partial charge is 0.416 e. The Bertz CT molecular complexity index is 630. The molecular weight excluding hydrogens is 245 g/mol. The molecule has 94 valence electrons. The van der Waals surface area contributed by atoms with Gasteiger partial charge in [0.2, 0.25) is 0 Å². The second-order valence-corrected chi connectivity index (χ2v) is 4.03. The van der Waals surface area contributed by atoms with Gasteiger partial charge in [-0.05, 0) is 41.5 Å². The lowest BCUT2D eigenvalue weighted by atomic mass is 10.00. The van der Waals surface area contributed by atoms with E-state index in [2.05, 4.69) is 0 Å². The molecule has 0 heterocycles. The molecule has 0 amide bonds. The van der Waals surface area contributed by atoms with E-state index in [1.54, 1.807) is 0 Å². The van der Waals surface area contributed by atoms with Crippen LogP contribution in [0.4, 0.5) is 13.2 Å². The highest BCUT2D eigenvalue weighted by Gasteiger charge is 2.32. The van der Waals surface area contributed by atoms with Crippen molar-refractivity contribution in [3.63, 3.8) is 0 Å². The maximum absolute atomic E-state index is 12.7. The predicted molar refractivity (Wildman–Crippen MR) is 60.6 cm³/mol. The number of rotatable bonds is 1. The number of hydrogen-bond donors (Lipinski definition) is 1. The SMILES string of the molecule is Cc1cc2cc(C(=O)O)ccc2cc1C(F)(F)F. The van der Waals surface area contributed by atoms with Gasteiger partial charge in [-0.15, -0.1) is 0 Å². The molecule has 0 atom stereocenters. The minimum Gasteiger partial charge on any atom is -0.478 e. The summed E-state index contributed by atoms with van der Waals surface area (Å²) in [4.78, 5) is 10.8. The van der Waals surface area contributed by atoms with Gasteiger partial charge < -0.3 is 5.11 Å². The monoisotopic (exact) mass is 254 g/mol. The molecule has 0 saturated carbocycles. The van der Waals surface area contributed by atoms with Crippen LogP contribution in [0.3, 0.4) is 0 Å². The third-order valence-electron chi connectivity index (χ3n) is 2.74. The number of carboxylic acid groups (broad SMARTS) is 1. The van der Waals surface area contributed by atoms with Gasteiger partial charge in [-0.2, -0.15) is 13.2 Å². The average molecular weight is 254 g/mol. The van der Waals surface area contributed by atoms with E-state index in [-0.39, 0.29) is 11.1 Å². The van der Waals surface area contributed by atoms with Crippen LogP contribution in [0.1, 0.15) is 21.5 Å². The number of aromatic carboxylic acids is 1. The lowest BCUT2D eigenvalue weighted by Crippen LogP contribution is -2.07. The lowest BCUT2D eigenvalue weighted by Gasteiger charge is -2.11. The summed E-state index contributed by atoms with van der Waals surface area (Å²) in [6.07, 6.45) is -4.40. The van der Waals surface area contributed by atoms with Gasteiger partial charge in [0.1, 0.15) is 0 Å². The van der Waals surface area contributed by atoms with Gasteiger partial charge in [0.25, 0.3) is 0 Å². The molecule has 0 aromatic heterocycles. The zero-order valence-corrected chi connectivity index (χ0v) is 9.38. The molecule has 5 heteroatoms. The van der Waals surface area contributed by atoms with E-state index in [0.717, 1.165) is 6.07 Å². The van der Waals surface area contributed by atoms with Crippen LogP contribution >= 0.6 is 0 Å². The zero-order valence-electron chi connectivity index (χ0n) is 9.38. The lowest BCUT2D eigenvalue weighted by molar-refractivity contribution is -0.137. The van der Waals surface area contributed by atoms with E-state index in [1.165, 1.54) is 31.2 Å². The van der Waals surface area contributed by atoms with E-state index in [0.29, 0.717) is 10.8 Å². The van der Waals surface area contributed by atoms with Crippen LogP contribution in [0.25, 0.3) is 10.8 Å². The topological polar surface area (TPSA) is 37.3 Å². The van der Waals surface area contributed by atoms with E-state index >= 15 is 0 Å². The summed E-state index contributed by atoms with van der Waals surface area (Å²) in [7, 11) is 0. The van der Waals surface area contributed by atoms with E-state index in [1.807, 2.05) is 0 Å². The Balaban J connectivity index is 2.68. The van der Waals surface area contributed by atoms with Crippen molar-refractivity contribution in [2.45, 2.75) is 13.1 Å². The number of halogens is 3. The third-order valence-corrected chi connectivity index (χ3v) is 2.74. The van der Waals surface area contributed by atoms with Gasteiger partial charge in [-0.3, -0.25) is 0 Å². The van der Waals surface area contributed by atoms with Crippen LogP contribution in [0.15, 0.2) is 30.3 Å². The molecule has 0 aliphatic carbocycles. The van der Waals surface area contributed by atoms with Crippen molar-refractivity contribution in [2.24, 2.45) is 0 Å². The number of fused-ring (bicyclic) bond motifs is 1. The predicted octanol–water partition coefficient (Wildman–Crippen LogP) is 3.87. The molecule has 0 saturated heterocycles. The number of carbonyl (C=O) groups is 1. The number of hydrogen-bond acceptors (Lipinski definition) is 1. The Morgan fingerprint density at radius 3 is 2.33 bits per heavy atom. The van der Waals surface area contributed by atoms with Crippen molar-refractivity contribution >= 4 is 16.7 Å². The Hall–Kier alpha value is -2.04. The average Bonchev–Trinajstić information content (AvgIpc) is 2.25. The summed E-state index contributed by atoms with van der Waals surface area (Å²) < 4.78 is 38.1. The Kier molecular flexibility index (Phi) is 2.77. The van der Waals surface area contributed by atoms with Gasteiger partial charge in [0.15, 0.2) is 0 Å². The minimum atomic E-state index is -4.40. The van der Waals surface area contributed by atoms with Crippen LogP contribution in [-0.4, -0.2) is 11.1 Å². The molecule has 2 nitrogen and oxygen atoms in total. The summed E-state index contributed by atoms with van der Waals surface area (Å²) in [5, 5.41) is 9.68. The summed E-state index contributed by atoms with van der Waals surface area (Å²) in [5.74, 6) is -1.10. The molecule has 0 unspecified atom stereocenters. The molecule has 2 rings (SSSR count). The summed E-state index contributed by atoms with van der Waals surface area (Å²) in [6, 6.07) is 6.43. The van der Waals surface area contributed by atoms with E-state index in [4.69, 9.17) is 5.11 Å². The number of benzene rings is 2. The fourth-order valence-corrected chi connectivity index (χ4v) is 1.85. The largest absolute Gasteiger partial charge is 0.478 e. The molecule has 0 spiro atoms. The molecule has 0 fully saturated rings. The molecule has 0 aliphatic heterocycles. The van der Waals surface area contributed by atoms with Crippen LogP contribution in [-0.2, 0) is 6.18 Å². The summed E-state index contributed by atoms with van der Waals surface area (Å²) >= 11 is 0. The second kappa shape index (κ2) is 4.01. The fourth-order valence-electron chi connectivity index (χ4n) is 1.85. The Morgan fingerprint density at radius 1 is 1.11 bits per heavy atom. The van der Waals surface area contributed by atoms with Crippen molar-refractivity contribution in [3.8, 4) is 0 Å². The highest BCUT2D eigenvalue weighted by molar-refractivity contribution is 5.94. The highest BCUT2D eigenvalue weighted by atomic mass is 19.4. The molecule has 0 aliphatic rings. The molecular formula is C13H9F3O2. The molecule has 1 N–H and O–H groups in total. The first-order valence-corrected chi connectivity index (χ1v) is 5.14.